The molecule has 0 aliphatic heterocycles. The maximum absolute atomic E-state index is 10.3. The molecule has 0 aromatic heterocycles. The number of carboxylic acid groups (broad SMARTS) is 1. The van der Waals surface area contributed by atoms with Crippen LogP contribution in [0.4, 0.5) is 0 Å². The molecule has 0 saturated carbocycles. The van der Waals surface area contributed by atoms with E-state index in [1.165, 1.54) is 51.4 Å². The molecule has 0 aliphatic carbocycles. The highest BCUT2D eigenvalue weighted by atomic mass is 16.4. The maximum atomic E-state index is 10.3. The Morgan fingerprint density at radius 3 is 1.85 bits per heavy atom. The molecule has 0 fully saturated rings. The monoisotopic (exact) mass is 280 g/mol. The van der Waals surface area contributed by atoms with Crippen molar-refractivity contribution in [1.29, 1.82) is 0 Å². The van der Waals surface area contributed by atoms with Crippen molar-refractivity contribution < 1.29 is 9.90 Å². The van der Waals surface area contributed by atoms with E-state index in [0.717, 1.165) is 19.3 Å². The van der Waals surface area contributed by atoms with E-state index in [0.29, 0.717) is 6.42 Å². The lowest BCUT2D eigenvalue weighted by molar-refractivity contribution is -0.137. The zero-order chi connectivity index (χ0) is 14.9. The van der Waals surface area contributed by atoms with E-state index < -0.39 is 5.97 Å². The summed E-state index contributed by atoms with van der Waals surface area (Å²) in [6.07, 6.45) is 22.3. The van der Waals surface area contributed by atoms with Crippen LogP contribution >= 0.6 is 0 Å². The van der Waals surface area contributed by atoms with Crippen molar-refractivity contribution in [2.45, 2.75) is 84.0 Å². The first-order valence-electron chi connectivity index (χ1n) is 8.30. The average molecular weight is 280 g/mol. The molecule has 0 spiro atoms. The van der Waals surface area contributed by atoms with Gasteiger partial charge in [-0.3, -0.25) is 4.79 Å². The predicted octanol–water partition coefficient (Wildman–Crippen LogP) is 5.88. The van der Waals surface area contributed by atoms with Crippen molar-refractivity contribution in [1.82, 2.24) is 0 Å². The third-order valence-corrected chi connectivity index (χ3v) is 3.37. The lowest BCUT2D eigenvalue weighted by atomic mass is 10.1. The fraction of sp³-hybridized carbons (Fsp3) is 0.722. The fourth-order valence-corrected chi connectivity index (χ4v) is 2.11. The van der Waals surface area contributed by atoms with Gasteiger partial charge in [-0.2, -0.15) is 0 Å². The molecular formula is C18H32O2. The number of carbonyl (C=O) groups is 1. The summed E-state index contributed by atoms with van der Waals surface area (Å²) in [4.78, 5) is 10.3. The number of hydrogen-bond donors (Lipinski definition) is 1. The van der Waals surface area contributed by atoms with Crippen LogP contribution in [0.15, 0.2) is 24.3 Å². The summed E-state index contributed by atoms with van der Waals surface area (Å²) < 4.78 is 0. The molecule has 1 N–H and O–H groups in total. The molecule has 0 rings (SSSR count). The van der Waals surface area contributed by atoms with Gasteiger partial charge in [-0.1, -0.05) is 69.8 Å². The zero-order valence-corrected chi connectivity index (χ0v) is 13.2. The Labute approximate surface area is 125 Å². The quantitative estimate of drug-likeness (QED) is 0.318. The minimum absolute atomic E-state index is 0.327. The number of allylic oxidation sites excluding steroid dienone is 4. The summed E-state index contributed by atoms with van der Waals surface area (Å²) in [6.45, 7) is 2.23. The molecule has 0 aromatic carbocycles. The molecule has 20 heavy (non-hydrogen) atoms. The second-order valence-corrected chi connectivity index (χ2v) is 5.41. The van der Waals surface area contributed by atoms with E-state index in [2.05, 4.69) is 31.2 Å². The van der Waals surface area contributed by atoms with Crippen LogP contribution in [-0.4, -0.2) is 11.1 Å². The van der Waals surface area contributed by atoms with Gasteiger partial charge in [0, 0.05) is 6.42 Å². The van der Waals surface area contributed by atoms with Gasteiger partial charge < -0.3 is 5.11 Å². The highest BCUT2D eigenvalue weighted by Crippen LogP contribution is 2.09. The molecule has 0 saturated heterocycles. The molecule has 0 aliphatic rings. The van der Waals surface area contributed by atoms with Crippen molar-refractivity contribution >= 4 is 5.97 Å². The molecule has 0 amide bonds. The average Bonchev–Trinajstić information content (AvgIpc) is 2.43. The summed E-state index contributed by atoms with van der Waals surface area (Å²) in [6, 6.07) is 0. The van der Waals surface area contributed by atoms with Gasteiger partial charge in [0.1, 0.15) is 0 Å². The Kier molecular flexibility index (Phi) is 15.2. The summed E-state index contributed by atoms with van der Waals surface area (Å²) >= 11 is 0. The molecule has 0 heterocycles. The van der Waals surface area contributed by atoms with Crippen LogP contribution in [0.5, 0.6) is 0 Å². The number of hydrogen-bond acceptors (Lipinski definition) is 1. The molecule has 2 heteroatoms. The van der Waals surface area contributed by atoms with Gasteiger partial charge in [0.05, 0.1) is 0 Å². The lowest BCUT2D eigenvalue weighted by Crippen LogP contribution is -1.93. The SMILES string of the molecule is CCCCC/C=C\C=C\CCCCCCCCC(=O)O. The first-order chi connectivity index (χ1) is 9.77. The zero-order valence-electron chi connectivity index (χ0n) is 13.2. The summed E-state index contributed by atoms with van der Waals surface area (Å²) in [5.74, 6) is -0.669. The summed E-state index contributed by atoms with van der Waals surface area (Å²) in [5, 5.41) is 8.50. The van der Waals surface area contributed by atoms with Gasteiger partial charge >= 0.3 is 5.97 Å². The fourth-order valence-electron chi connectivity index (χ4n) is 2.11. The molecule has 0 bridgehead atoms. The summed E-state index contributed by atoms with van der Waals surface area (Å²) in [7, 11) is 0. The topological polar surface area (TPSA) is 37.3 Å². The molecule has 116 valence electrons. The molecular weight excluding hydrogens is 248 g/mol. The van der Waals surface area contributed by atoms with Crippen molar-refractivity contribution in [3.63, 3.8) is 0 Å². The van der Waals surface area contributed by atoms with Crippen LogP contribution in [0.1, 0.15) is 84.0 Å². The van der Waals surface area contributed by atoms with Crippen LogP contribution < -0.4 is 0 Å². The molecule has 0 atom stereocenters. The van der Waals surface area contributed by atoms with Gasteiger partial charge in [0.2, 0.25) is 0 Å². The lowest BCUT2D eigenvalue weighted by Gasteiger charge is -1.99. The van der Waals surface area contributed by atoms with Crippen molar-refractivity contribution in [3.05, 3.63) is 24.3 Å². The molecule has 2 nitrogen and oxygen atoms in total. The molecule has 0 aromatic rings. The van der Waals surface area contributed by atoms with E-state index in [-0.39, 0.29) is 0 Å². The van der Waals surface area contributed by atoms with Gasteiger partial charge in [-0.25, -0.2) is 0 Å². The third kappa shape index (κ3) is 16.9. The van der Waals surface area contributed by atoms with Crippen LogP contribution in [0.25, 0.3) is 0 Å². The second kappa shape index (κ2) is 16.0. The minimum atomic E-state index is -0.669. The van der Waals surface area contributed by atoms with E-state index in [1.807, 2.05) is 0 Å². The van der Waals surface area contributed by atoms with E-state index >= 15 is 0 Å². The van der Waals surface area contributed by atoms with Crippen molar-refractivity contribution in [3.8, 4) is 0 Å². The standard InChI is InChI=1S/C18H32O2/c1-2-3-4-5-6-7-8-9-10-11-12-13-14-15-16-17-18(19)20/h6-9H,2-5,10-17H2,1H3,(H,19,20)/b7-6-,9-8+. The van der Waals surface area contributed by atoms with E-state index in [4.69, 9.17) is 5.11 Å². The Balaban J connectivity index is 3.17. The Morgan fingerprint density at radius 1 is 0.800 bits per heavy atom. The predicted molar refractivity (Wildman–Crippen MR) is 87.0 cm³/mol. The highest BCUT2D eigenvalue weighted by molar-refractivity contribution is 5.66. The number of rotatable bonds is 14. The van der Waals surface area contributed by atoms with E-state index in [9.17, 15) is 4.79 Å². The van der Waals surface area contributed by atoms with Crippen LogP contribution in [0.2, 0.25) is 0 Å². The van der Waals surface area contributed by atoms with Gasteiger partial charge in [-0.15, -0.1) is 0 Å². The van der Waals surface area contributed by atoms with Gasteiger partial charge in [0.25, 0.3) is 0 Å². The summed E-state index contributed by atoms with van der Waals surface area (Å²) in [5.41, 5.74) is 0. The largest absolute Gasteiger partial charge is 0.481 e. The Morgan fingerprint density at radius 2 is 1.30 bits per heavy atom. The second-order valence-electron chi connectivity index (χ2n) is 5.41. The molecule has 0 radical (unpaired) electrons. The van der Waals surface area contributed by atoms with Gasteiger partial charge in [0.15, 0.2) is 0 Å². The number of carboxylic acids is 1. The van der Waals surface area contributed by atoms with Gasteiger partial charge in [-0.05, 0) is 32.1 Å². The number of aliphatic carboxylic acids is 1. The molecule has 0 unspecified atom stereocenters. The van der Waals surface area contributed by atoms with Crippen molar-refractivity contribution in [2.24, 2.45) is 0 Å². The first-order valence-corrected chi connectivity index (χ1v) is 8.30. The normalized spacial score (nSPS) is 11.7. The van der Waals surface area contributed by atoms with Crippen LogP contribution in [0.3, 0.4) is 0 Å². The third-order valence-electron chi connectivity index (χ3n) is 3.37. The Bertz CT molecular complexity index is 267. The van der Waals surface area contributed by atoms with Crippen molar-refractivity contribution in [2.75, 3.05) is 0 Å². The Hall–Kier alpha value is -1.05. The maximum Gasteiger partial charge on any atom is 0.303 e. The smallest absolute Gasteiger partial charge is 0.303 e. The highest BCUT2D eigenvalue weighted by Gasteiger charge is 1.95. The minimum Gasteiger partial charge on any atom is -0.481 e. The number of unbranched alkanes of at least 4 members (excludes halogenated alkanes) is 9. The van der Waals surface area contributed by atoms with E-state index in [1.54, 1.807) is 0 Å². The van der Waals surface area contributed by atoms with Crippen LogP contribution in [-0.2, 0) is 4.79 Å². The first kappa shape index (κ1) is 18.9. The van der Waals surface area contributed by atoms with Crippen LogP contribution in [0, 0.1) is 0 Å².